The van der Waals surface area contributed by atoms with E-state index >= 15 is 0 Å². The van der Waals surface area contributed by atoms with Crippen molar-refractivity contribution in [1.29, 1.82) is 0 Å². The first-order valence-electron chi connectivity index (χ1n) is 8.51. The number of nitrogens with two attached hydrogens (primary N) is 1. The van der Waals surface area contributed by atoms with Gasteiger partial charge in [-0.2, -0.15) is 0 Å². The molecule has 0 fully saturated rings. The summed E-state index contributed by atoms with van der Waals surface area (Å²) in [4.78, 5) is 20.5. The summed E-state index contributed by atoms with van der Waals surface area (Å²) in [7, 11) is -3.32. The number of nitrogens with one attached hydrogen (secondary N) is 1. The fourth-order valence-corrected chi connectivity index (χ4v) is 3.76. The number of ketones is 1. The Morgan fingerprint density at radius 2 is 1.82 bits per heavy atom. The van der Waals surface area contributed by atoms with Crippen molar-refractivity contribution in [2.24, 2.45) is 0 Å². The Morgan fingerprint density at radius 3 is 2.57 bits per heavy atom. The van der Waals surface area contributed by atoms with Crippen LogP contribution in [0.25, 0.3) is 22.2 Å². The van der Waals surface area contributed by atoms with Crippen molar-refractivity contribution in [2.75, 3.05) is 12.0 Å². The molecule has 0 spiro atoms. The molecule has 2 aromatic carbocycles. The summed E-state index contributed by atoms with van der Waals surface area (Å²) < 4.78 is 23.7. The summed E-state index contributed by atoms with van der Waals surface area (Å²) in [5.74, 6) is -0.164. The number of nitrogens with zero attached hydrogens (tertiary/aromatic N) is 1. The van der Waals surface area contributed by atoms with Gasteiger partial charge in [0.25, 0.3) is 0 Å². The summed E-state index contributed by atoms with van der Waals surface area (Å²) in [6, 6.07) is 15.3. The first-order valence-corrected chi connectivity index (χ1v) is 10.4. The van der Waals surface area contributed by atoms with Gasteiger partial charge in [0.1, 0.15) is 5.65 Å². The Hall–Kier alpha value is -3.45. The average Bonchev–Trinajstić information content (AvgIpc) is 3.10. The number of fused-ring (bicyclic) bond motifs is 1. The molecule has 0 amide bonds. The van der Waals surface area contributed by atoms with Crippen molar-refractivity contribution in [3.05, 3.63) is 78.1 Å². The molecule has 0 aliphatic heterocycles. The normalized spacial score (nSPS) is 11.6. The van der Waals surface area contributed by atoms with Crippen LogP contribution in [0.2, 0.25) is 0 Å². The van der Waals surface area contributed by atoms with Gasteiger partial charge >= 0.3 is 0 Å². The van der Waals surface area contributed by atoms with Gasteiger partial charge in [-0.25, -0.2) is 13.4 Å². The maximum absolute atomic E-state index is 12.9. The lowest BCUT2D eigenvalue weighted by Crippen LogP contribution is -2.01. The van der Waals surface area contributed by atoms with E-state index in [9.17, 15) is 13.2 Å². The van der Waals surface area contributed by atoms with Crippen LogP contribution in [0, 0.1) is 0 Å². The molecular weight excluding hydrogens is 374 g/mol. The van der Waals surface area contributed by atoms with Crippen molar-refractivity contribution in [2.45, 2.75) is 4.90 Å². The van der Waals surface area contributed by atoms with Crippen LogP contribution in [-0.4, -0.2) is 30.4 Å². The van der Waals surface area contributed by atoms with Crippen LogP contribution in [0.3, 0.4) is 0 Å². The van der Waals surface area contributed by atoms with Crippen molar-refractivity contribution < 1.29 is 13.2 Å². The molecule has 0 atom stereocenters. The zero-order chi connectivity index (χ0) is 19.9. The first kappa shape index (κ1) is 17.9. The van der Waals surface area contributed by atoms with Crippen LogP contribution in [0.5, 0.6) is 0 Å². The number of carbonyl (C=O) groups is 1. The van der Waals surface area contributed by atoms with E-state index in [1.807, 2.05) is 12.1 Å². The molecule has 6 nitrogen and oxygen atoms in total. The molecular formula is C21H17N3O3S. The van der Waals surface area contributed by atoms with Crippen molar-refractivity contribution in [3.8, 4) is 11.1 Å². The highest BCUT2D eigenvalue weighted by atomic mass is 32.2. The van der Waals surface area contributed by atoms with Crippen LogP contribution in [0.15, 0.2) is 71.9 Å². The van der Waals surface area contributed by atoms with Gasteiger partial charge in [-0.3, -0.25) is 4.79 Å². The summed E-state index contributed by atoms with van der Waals surface area (Å²) in [5, 5.41) is 0.662. The van der Waals surface area contributed by atoms with E-state index < -0.39 is 9.84 Å². The highest BCUT2D eigenvalue weighted by Gasteiger charge is 2.16. The second kappa shape index (κ2) is 6.61. The van der Waals surface area contributed by atoms with Gasteiger partial charge in [0, 0.05) is 46.4 Å². The van der Waals surface area contributed by atoms with E-state index in [2.05, 4.69) is 9.97 Å². The van der Waals surface area contributed by atoms with E-state index in [0.29, 0.717) is 33.4 Å². The third-order valence-corrected chi connectivity index (χ3v) is 5.63. The lowest BCUT2D eigenvalue weighted by Gasteiger charge is -2.05. The number of anilines is 1. The van der Waals surface area contributed by atoms with Crippen LogP contribution in [0.1, 0.15) is 15.9 Å². The number of aromatic amines is 1. The smallest absolute Gasteiger partial charge is 0.195 e. The van der Waals surface area contributed by atoms with Crippen LogP contribution < -0.4 is 5.73 Å². The zero-order valence-electron chi connectivity index (χ0n) is 15.0. The summed E-state index contributed by atoms with van der Waals surface area (Å²) in [6.07, 6.45) is 4.44. The second-order valence-electron chi connectivity index (χ2n) is 6.58. The number of pyridine rings is 1. The summed E-state index contributed by atoms with van der Waals surface area (Å²) >= 11 is 0. The summed E-state index contributed by atoms with van der Waals surface area (Å²) in [6.45, 7) is 0. The standard InChI is InChI=1S/C21H17N3O3S/c1-28(26,27)17-7-3-4-13(9-17)15-10-18-19(12-24-21(18)23-11-15)20(25)14-5-2-6-16(22)8-14/h2-12H,22H2,1H3,(H,23,24). The largest absolute Gasteiger partial charge is 0.399 e. The zero-order valence-corrected chi connectivity index (χ0v) is 15.8. The maximum Gasteiger partial charge on any atom is 0.195 e. The third kappa shape index (κ3) is 3.27. The van der Waals surface area contributed by atoms with Gasteiger partial charge in [0.2, 0.25) is 0 Å². The molecule has 0 aliphatic rings. The Labute approximate surface area is 162 Å². The molecule has 3 N–H and O–H groups in total. The fraction of sp³-hybridized carbons (Fsp3) is 0.0476. The van der Waals surface area contributed by atoms with E-state index in [1.165, 1.54) is 6.26 Å². The molecule has 0 radical (unpaired) electrons. The van der Waals surface area contributed by atoms with Gasteiger partial charge in [0.15, 0.2) is 15.6 Å². The predicted molar refractivity (Wildman–Crippen MR) is 109 cm³/mol. The number of hydrogen-bond donors (Lipinski definition) is 2. The Kier molecular flexibility index (Phi) is 4.24. The quantitative estimate of drug-likeness (QED) is 0.409. The number of nitrogen functional groups attached to an aromatic ring is 1. The number of sulfone groups is 1. The van der Waals surface area contributed by atoms with Crippen LogP contribution in [0.4, 0.5) is 5.69 Å². The number of H-pyrrole nitrogens is 1. The van der Waals surface area contributed by atoms with Crippen molar-refractivity contribution in [3.63, 3.8) is 0 Å². The highest BCUT2D eigenvalue weighted by molar-refractivity contribution is 7.90. The highest BCUT2D eigenvalue weighted by Crippen LogP contribution is 2.27. The Morgan fingerprint density at radius 1 is 1.04 bits per heavy atom. The van der Waals surface area contributed by atoms with Gasteiger partial charge < -0.3 is 10.7 Å². The van der Waals surface area contributed by atoms with Crippen LogP contribution in [-0.2, 0) is 9.84 Å². The minimum Gasteiger partial charge on any atom is -0.399 e. The lowest BCUT2D eigenvalue weighted by atomic mass is 10.0. The Bertz CT molecular complexity index is 1320. The predicted octanol–water partition coefficient (Wildman–Crippen LogP) is 3.45. The third-order valence-electron chi connectivity index (χ3n) is 4.52. The molecule has 0 bridgehead atoms. The van der Waals surface area contributed by atoms with Crippen molar-refractivity contribution >= 4 is 32.3 Å². The number of carbonyl (C=O) groups excluding carboxylic acids is 1. The molecule has 4 aromatic rings. The minimum absolute atomic E-state index is 0.164. The molecule has 28 heavy (non-hydrogen) atoms. The molecule has 0 saturated heterocycles. The minimum atomic E-state index is -3.32. The van der Waals surface area contributed by atoms with E-state index in [4.69, 9.17) is 5.73 Å². The van der Waals surface area contributed by atoms with E-state index in [1.54, 1.807) is 54.9 Å². The molecule has 2 aromatic heterocycles. The number of rotatable bonds is 4. The summed E-state index contributed by atoms with van der Waals surface area (Å²) in [5.41, 5.74) is 9.29. The molecule has 0 saturated carbocycles. The lowest BCUT2D eigenvalue weighted by molar-refractivity contribution is 0.104. The number of hydrogen-bond acceptors (Lipinski definition) is 5. The van der Waals surface area contributed by atoms with E-state index in [0.717, 1.165) is 5.56 Å². The molecule has 0 aliphatic carbocycles. The molecule has 0 unspecified atom stereocenters. The first-order chi connectivity index (χ1) is 13.3. The second-order valence-corrected chi connectivity index (χ2v) is 8.59. The molecule has 4 rings (SSSR count). The maximum atomic E-state index is 12.9. The molecule has 7 heteroatoms. The average molecular weight is 391 g/mol. The van der Waals surface area contributed by atoms with Gasteiger partial charge in [-0.1, -0.05) is 24.3 Å². The van der Waals surface area contributed by atoms with Crippen LogP contribution >= 0.6 is 0 Å². The topological polar surface area (TPSA) is 106 Å². The monoisotopic (exact) mass is 391 g/mol. The van der Waals surface area contributed by atoms with Gasteiger partial charge in [0.05, 0.1) is 4.90 Å². The van der Waals surface area contributed by atoms with Gasteiger partial charge in [-0.15, -0.1) is 0 Å². The SMILES string of the molecule is CS(=O)(=O)c1cccc(-c2cnc3[nH]cc(C(=O)c4cccc(N)c4)c3c2)c1. The van der Waals surface area contributed by atoms with E-state index in [-0.39, 0.29) is 10.7 Å². The molecule has 140 valence electrons. The number of benzene rings is 2. The Balaban J connectivity index is 1.82. The van der Waals surface area contributed by atoms with Crippen molar-refractivity contribution in [1.82, 2.24) is 9.97 Å². The molecule has 2 heterocycles. The number of aromatic nitrogens is 2. The van der Waals surface area contributed by atoms with Gasteiger partial charge in [-0.05, 0) is 35.9 Å². The fourth-order valence-electron chi connectivity index (χ4n) is 3.09.